The lowest BCUT2D eigenvalue weighted by Crippen LogP contribution is -2.61. The van der Waals surface area contributed by atoms with E-state index in [4.69, 9.17) is 0 Å². The van der Waals surface area contributed by atoms with Crippen molar-refractivity contribution < 1.29 is 0 Å². The summed E-state index contributed by atoms with van der Waals surface area (Å²) in [5, 5.41) is 0. The molecule has 4 saturated carbocycles. The van der Waals surface area contributed by atoms with E-state index in [-0.39, 0.29) is 17.5 Å². The maximum atomic E-state index is 2.77. The fraction of sp³-hybridized carbons (Fsp3) is 0.250. The number of fused-ring (bicyclic) bond motifs is 21. The maximum absolute atomic E-state index is 2.77. The van der Waals surface area contributed by atoms with Gasteiger partial charge in [0.05, 0.1) is 0 Å². The molecule has 6 aliphatic carbocycles. The SMILES string of the molecule is c1ccc(N2c3cc4c(cc3B3c5ccc6c(c5N(c5ccccc5)c5cccc2c53)-c2ccccc2[C@]62C[C@H]3CC[C@@H]2C3)[C@]2(C[C@@H]3CC[C@H]2C3)c2ccccc2-4)cc1. The first-order valence-corrected chi connectivity index (χ1v) is 22.6. The van der Waals surface area contributed by atoms with Crippen LogP contribution >= 0.6 is 0 Å². The lowest BCUT2D eigenvalue weighted by Gasteiger charge is -2.45. The van der Waals surface area contributed by atoms with Crippen molar-refractivity contribution >= 4 is 57.2 Å². The molecular formula is C56H45BN2. The summed E-state index contributed by atoms with van der Waals surface area (Å²) in [6.45, 7) is 0.102. The van der Waals surface area contributed by atoms with Crippen molar-refractivity contribution in [1.82, 2.24) is 0 Å². The quantitative estimate of drug-likeness (QED) is 0.162. The van der Waals surface area contributed by atoms with Crippen LogP contribution in [-0.2, 0) is 10.8 Å². The Labute approximate surface area is 347 Å². The van der Waals surface area contributed by atoms with Crippen molar-refractivity contribution in [2.75, 3.05) is 9.80 Å². The second-order valence-electron chi connectivity index (χ2n) is 19.6. The molecule has 0 N–H and O–H groups in total. The highest BCUT2D eigenvalue weighted by Crippen LogP contribution is 2.68. The van der Waals surface area contributed by atoms with E-state index in [0.29, 0.717) is 0 Å². The number of anilines is 6. The molecule has 0 saturated heterocycles. The topological polar surface area (TPSA) is 6.48 Å². The van der Waals surface area contributed by atoms with Gasteiger partial charge < -0.3 is 9.80 Å². The highest BCUT2D eigenvalue weighted by molar-refractivity contribution is 7.00. The first-order valence-electron chi connectivity index (χ1n) is 22.6. The van der Waals surface area contributed by atoms with E-state index in [1.54, 1.807) is 22.3 Å². The normalized spacial score (nSPS) is 27.5. The number of hydrogen-bond acceptors (Lipinski definition) is 2. The number of hydrogen-bond donors (Lipinski definition) is 0. The molecule has 0 aromatic heterocycles. The summed E-state index contributed by atoms with van der Waals surface area (Å²) in [4.78, 5) is 5.29. The maximum Gasteiger partial charge on any atom is 0.252 e. The molecule has 0 radical (unpaired) electrons. The molecule has 3 heteroatoms. The Bertz CT molecular complexity index is 2970. The molecule has 2 spiro atoms. The van der Waals surface area contributed by atoms with Crippen molar-refractivity contribution in [1.29, 1.82) is 0 Å². The fourth-order valence-electron chi connectivity index (χ4n) is 15.5. The predicted octanol–water partition coefficient (Wildman–Crippen LogP) is 11.9. The Morgan fingerprint density at radius 2 is 1.03 bits per heavy atom. The highest BCUT2D eigenvalue weighted by atomic mass is 15.2. The molecule has 2 aliphatic heterocycles. The van der Waals surface area contributed by atoms with Gasteiger partial charge in [-0.2, -0.15) is 0 Å². The molecule has 6 atom stereocenters. The third-order valence-electron chi connectivity index (χ3n) is 17.4. The van der Waals surface area contributed by atoms with Crippen LogP contribution in [0.3, 0.4) is 0 Å². The van der Waals surface area contributed by atoms with Gasteiger partial charge in [-0.1, -0.05) is 122 Å². The monoisotopic (exact) mass is 756 g/mol. The van der Waals surface area contributed by atoms with E-state index in [2.05, 4.69) is 161 Å². The second-order valence-corrected chi connectivity index (χ2v) is 19.6. The number of rotatable bonds is 2. The molecule has 4 fully saturated rings. The Morgan fingerprint density at radius 1 is 0.441 bits per heavy atom. The van der Waals surface area contributed by atoms with Crippen molar-refractivity contribution in [3.8, 4) is 22.3 Å². The van der Waals surface area contributed by atoms with Crippen LogP contribution in [-0.4, -0.2) is 6.71 Å². The van der Waals surface area contributed by atoms with Gasteiger partial charge in [0.2, 0.25) is 0 Å². The minimum Gasteiger partial charge on any atom is -0.311 e. The van der Waals surface area contributed by atoms with Gasteiger partial charge in [0.1, 0.15) is 0 Å². The fourth-order valence-corrected chi connectivity index (χ4v) is 15.5. The van der Waals surface area contributed by atoms with Crippen LogP contribution in [0, 0.1) is 23.7 Å². The Morgan fingerprint density at radius 3 is 1.69 bits per heavy atom. The van der Waals surface area contributed by atoms with Gasteiger partial charge in [0, 0.05) is 50.5 Å². The van der Waals surface area contributed by atoms with E-state index in [9.17, 15) is 0 Å². The van der Waals surface area contributed by atoms with E-state index >= 15 is 0 Å². The minimum absolute atomic E-state index is 0.102. The Hall–Kier alpha value is -5.80. The molecule has 15 rings (SSSR count). The van der Waals surface area contributed by atoms with Crippen molar-refractivity contribution in [2.24, 2.45) is 23.7 Å². The standard InChI is InChI=1S/C56H45BN2/c1-3-12-38(13-4-1)58-49-20-11-21-50-53(49)57(48-31-46-42(30-51(48)58)40-16-7-9-18-43(40)56(46)33-35-23-25-37(56)29-35)47-27-26-45-52(54(47)59(50)39-14-5-2-6-15-39)41-17-8-10-19-44(41)55(45)32-34-22-24-36(55)28-34/h1-21,26-27,30-31,34-37H,22-25,28-29,32-33H2/t34-,35+,36+,37-,55+,56-/m0/s1. The molecule has 2 nitrogen and oxygen atoms in total. The van der Waals surface area contributed by atoms with E-state index < -0.39 is 0 Å². The minimum atomic E-state index is 0.102. The third kappa shape index (κ3) is 3.75. The second kappa shape index (κ2) is 11.1. The molecule has 2 heterocycles. The molecule has 7 aromatic carbocycles. The van der Waals surface area contributed by atoms with Crippen LogP contribution in [0.5, 0.6) is 0 Å². The summed E-state index contributed by atoms with van der Waals surface area (Å²) in [5.74, 6) is 3.10. The number of benzene rings is 7. The molecule has 0 amide bonds. The summed E-state index contributed by atoms with van der Waals surface area (Å²) < 4.78 is 0. The van der Waals surface area contributed by atoms with Crippen molar-refractivity contribution in [2.45, 2.75) is 62.2 Å². The molecule has 4 bridgehead atoms. The first-order chi connectivity index (χ1) is 29.2. The molecular weight excluding hydrogens is 711 g/mol. The van der Waals surface area contributed by atoms with Gasteiger partial charge in [-0.25, -0.2) is 0 Å². The number of para-hydroxylation sites is 2. The molecule has 7 aromatic rings. The first kappa shape index (κ1) is 32.1. The van der Waals surface area contributed by atoms with Gasteiger partial charge in [0.15, 0.2) is 0 Å². The third-order valence-corrected chi connectivity index (χ3v) is 17.4. The predicted molar refractivity (Wildman–Crippen MR) is 244 cm³/mol. The summed E-state index contributed by atoms with van der Waals surface area (Å²) >= 11 is 0. The van der Waals surface area contributed by atoms with Crippen LogP contribution < -0.4 is 26.2 Å². The summed E-state index contributed by atoms with van der Waals surface area (Å²) in [7, 11) is 0. The average molecular weight is 757 g/mol. The van der Waals surface area contributed by atoms with Crippen LogP contribution in [0.4, 0.5) is 34.1 Å². The van der Waals surface area contributed by atoms with E-state index in [0.717, 1.165) is 23.7 Å². The Balaban J connectivity index is 1.07. The van der Waals surface area contributed by atoms with Crippen molar-refractivity contribution in [3.63, 3.8) is 0 Å². The molecule has 59 heavy (non-hydrogen) atoms. The average Bonchev–Trinajstić information content (AvgIpc) is 4.17. The van der Waals surface area contributed by atoms with Crippen LogP contribution in [0.25, 0.3) is 22.3 Å². The lowest BCUT2D eigenvalue weighted by atomic mass is 9.33. The van der Waals surface area contributed by atoms with Gasteiger partial charge >= 0.3 is 0 Å². The van der Waals surface area contributed by atoms with E-state index in [1.807, 2.05) is 0 Å². The van der Waals surface area contributed by atoms with Crippen molar-refractivity contribution in [3.05, 3.63) is 174 Å². The Kier molecular flexibility index (Phi) is 6.02. The summed E-state index contributed by atoms with van der Waals surface area (Å²) in [6, 6.07) is 59.5. The smallest absolute Gasteiger partial charge is 0.252 e. The zero-order valence-corrected chi connectivity index (χ0v) is 33.4. The largest absolute Gasteiger partial charge is 0.311 e. The zero-order valence-electron chi connectivity index (χ0n) is 33.4. The van der Waals surface area contributed by atoms with E-state index in [1.165, 1.54) is 124 Å². The lowest BCUT2D eigenvalue weighted by molar-refractivity contribution is 0.327. The van der Waals surface area contributed by atoms with Gasteiger partial charge in [-0.05, 0) is 160 Å². The van der Waals surface area contributed by atoms with Crippen LogP contribution in [0.1, 0.15) is 73.6 Å². The molecule has 8 aliphatic rings. The van der Waals surface area contributed by atoms with Gasteiger partial charge in [0.25, 0.3) is 6.71 Å². The summed E-state index contributed by atoms with van der Waals surface area (Å²) in [6.07, 6.45) is 10.8. The highest BCUT2D eigenvalue weighted by Gasteiger charge is 2.60. The molecule has 282 valence electrons. The number of nitrogens with zero attached hydrogens (tertiary/aromatic N) is 2. The van der Waals surface area contributed by atoms with Gasteiger partial charge in [-0.15, -0.1) is 0 Å². The van der Waals surface area contributed by atoms with Gasteiger partial charge in [-0.3, -0.25) is 0 Å². The van der Waals surface area contributed by atoms with Crippen LogP contribution in [0.15, 0.2) is 152 Å². The van der Waals surface area contributed by atoms with Crippen LogP contribution in [0.2, 0.25) is 0 Å². The summed E-state index contributed by atoms with van der Waals surface area (Å²) in [5.41, 5.74) is 24.7. The molecule has 0 unspecified atom stereocenters. The zero-order chi connectivity index (χ0) is 38.2.